The minimum Gasteiger partial charge on any atom is -0.472 e. The van der Waals surface area contributed by atoms with Gasteiger partial charge in [0.25, 0.3) is 0 Å². The topological polar surface area (TPSA) is 41.8 Å². The maximum atomic E-state index is 9.58. The van der Waals surface area contributed by atoms with E-state index in [2.05, 4.69) is 4.99 Å². The first-order valence-electron chi connectivity index (χ1n) is 5.81. The SMILES string of the molecule is OC1CCC2N=C(c3ccccc3)OC2C1. The Balaban J connectivity index is 1.80. The molecule has 1 aliphatic heterocycles. The third-order valence-corrected chi connectivity index (χ3v) is 3.30. The van der Waals surface area contributed by atoms with E-state index in [9.17, 15) is 5.11 Å². The number of ether oxygens (including phenoxy) is 1. The Morgan fingerprint density at radius 3 is 2.81 bits per heavy atom. The molecule has 2 aliphatic rings. The van der Waals surface area contributed by atoms with Crippen LogP contribution in [0.15, 0.2) is 35.3 Å². The van der Waals surface area contributed by atoms with E-state index < -0.39 is 0 Å². The van der Waals surface area contributed by atoms with Gasteiger partial charge in [0.05, 0.1) is 12.1 Å². The number of aliphatic imine (C=N–C) groups is 1. The average Bonchev–Trinajstić information content (AvgIpc) is 2.73. The Kier molecular flexibility index (Phi) is 2.40. The van der Waals surface area contributed by atoms with Gasteiger partial charge in [0.15, 0.2) is 0 Å². The summed E-state index contributed by atoms with van der Waals surface area (Å²) in [7, 11) is 0. The predicted molar refractivity (Wildman–Crippen MR) is 61.5 cm³/mol. The third kappa shape index (κ3) is 1.71. The third-order valence-electron chi connectivity index (χ3n) is 3.30. The molecule has 1 aliphatic carbocycles. The molecular formula is C13H15NO2. The largest absolute Gasteiger partial charge is 0.472 e. The van der Waals surface area contributed by atoms with Crippen molar-refractivity contribution in [1.82, 2.24) is 0 Å². The van der Waals surface area contributed by atoms with Crippen molar-refractivity contribution in [2.45, 2.75) is 37.5 Å². The van der Waals surface area contributed by atoms with Crippen LogP contribution in [0, 0.1) is 0 Å². The van der Waals surface area contributed by atoms with Crippen LogP contribution >= 0.6 is 0 Å². The van der Waals surface area contributed by atoms with E-state index in [0.29, 0.717) is 6.42 Å². The van der Waals surface area contributed by atoms with E-state index in [-0.39, 0.29) is 18.2 Å². The highest BCUT2D eigenvalue weighted by Crippen LogP contribution is 2.30. The molecular weight excluding hydrogens is 202 g/mol. The first-order chi connectivity index (χ1) is 7.83. The van der Waals surface area contributed by atoms with Crippen molar-refractivity contribution < 1.29 is 9.84 Å². The van der Waals surface area contributed by atoms with Crippen LogP contribution in [-0.2, 0) is 4.74 Å². The van der Waals surface area contributed by atoms with Crippen molar-refractivity contribution in [1.29, 1.82) is 0 Å². The van der Waals surface area contributed by atoms with Crippen LogP contribution in [0.2, 0.25) is 0 Å². The lowest BCUT2D eigenvalue weighted by Gasteiger charge is -2.26. The molecule has 3 unspecified atom stereocenters. The van der Waals surface area contributed by atoms with Gasteiger partial charge in [-0.25, -0.2) is 4.99 Å². The van der Waals surface area contributed by atoms with Crippen molar-refractivity contribution in [3.63, 3.8) is 0 Å². The fourth-order valence-corrected chi connectivity index (χ4v) is 2.41. The van der Waals surface area contributed by atoms with Gasteiger partial charge in [-0.15, -0.1) is 0 Å². The standard InChI is InChI=1S/C13H15NO2/c15-10-6-7-11-12(8-10)16-13(14-11)9-4-2-1-3-5-9/h1-5,10-12,15H,6-8H2. The van der Waals surface area contributed by atoms with Gasteiger partial charge in [-0.3, -0.25) is 0 Å². The molecule has 0 radical (unpaired) electrons. The van der Waals surface area contributed by atoms with Crippen LogP contribution in [0.1, 0.15) is 24.8 Å². The molecule has 1 aromatic rings. The molecule has 3 rings (SSSR count). The van der Waals surface area contributed by atoms with Crippen LogP contribution in [0.4, 0.5) is 0 Å². The molecule has 16 heavy (non-hydrogen) atoms. The minimum atomic E-state index is -0.216. The number of hydrogen-bond donors (Lipinski definition) is 1. The summed E-state index contributed by atoms with van der Waals surface area (Å²) in [5.41, 5.74) is 1.03. The van der Waals surface area contributed by atoms with Crippen LogP contribution < -0.4 is 0 Å². The van der Waals surface area contributed by atoms with Crippen LogP contribution in [0.25, 0.3) is 0 Å². The summed E-state index contributed by atoms with van der Waals surface area (Å²) < 4.78 is 5.81. The van der Waals surface area contributed by atoms with Gasteiger partial charge < -0.3 is 9.84 Å². The molecule has 3 atom stereocenters. The molecule has 1 N–H and O–H groups in total. The van der Waals surface area contributed by atoms with Crippen LogP contribution in [0.5, 0.6) is 0 Å². The van der Waals surface area contributed by atoms with Gasteiger partial charge in [0.1, 0.15) is 6.10 Å². The Labute approximate surface area is 94.8 Å². The Morgan fingerprint density at radius 2 is 2.00 bits per heavy atom. The van der Waals surface area contributed by atoms with Gasteiger partial charge in [-0.1, -0.05) is 18.2 Å². The summed E-state index contributed by atoms with van der Waals surface area (Å²) in [5.74, 6) is 0.740. The fourth-order valence-electron chi connectivity index (χ4n) is 2.41. The molecule has 3 heteroatoms. The molecule has 1 aromatic carbocycles. The normalized spacial score (nSPS) is 32.8. The summed E-state index contributed by atoms with van der Waals surface area (Å²) in [6.07, 6.45) is 2.36. The molecule has 0 bridgehead atoms. The smallest absolute Gasteiger partial charge is 0.216 e. The summed E-state index contributed by atoms with van der Waals surface area (Å²) in [6.45, 7) is 0. The van der Waals surface area contributed by atoms with Gasteiger partial charge in [0, 0.05) is 12.0 Å². The lowest BCUT2D eigenvalue weighted by atomic mass is 9.91. The molecule has 0 saturated heterocycles. The van der Waals surface area contributed by atoms with E-state index in [1.807, 2.05) is 30.3 Å². The second kappa shape index (κ2) is 3.91. The van der Waals surface area contributed by atoms with Gasteiger partial charge in [-0.2, -0.15) is 0 Å². The zero-order chi connectivity index (χ0) is 11.0. The van der Waals surface area contributed by atoms with E-state index >= 15 is 0 Å². The van der Waals surface area contributed by atoms with Crippen molar-refractivity contribution in [3.05, 3.63) is 35.9 Å². The zero-order valence-electron chi connectivity index (χ0n) is 9.04. The number of aliphatic hydroxyl groups excluding tert-OH is 1. The lowest BCUT2D eigenvalue weighted by Crippen LogP contribution is -2.33. The van der Waals surface area contributed by atoms with E-state index in [0.717, 1.165) is 24.3 Å². The van der Waals surface area contributed by atoms with Gasteiger partial charge in [0.2, 0.25) is 5.90 Å². The minimum absolute atomic E-state index is 0.0824. The van der Waals surface area contributed by atoms with Crippen molar-refractivity contribution in [2.75, 3.05) is 0 Å². The molecule has 1 fully saturated rings. The van der Waals surface area contributed by atoms with E-state index in [4.69, 9.17) is 4.74 Å². The summed E-state index contributed by atoms with van der Waals surface area (Å²) in [6, 6.07) is 10.2. The second-order valence-corrected chi connectivity index (χ2v) is 4.49. The van der Waals surface area contributed by atoms with Crippen molar-refractivity contribution >= 4 is 5.90 Å². The number of rotatable bonds is 1. The van der Waals surface area contributed by atoms with Crippen LogP contribution in [0.3, 0.4) is 0 Å². The Bertz CT molecular complexity index is 402. The zero-order valence-corrected chi connectivity index (χ0v) is 9.04. The average molecular weight is 217 g/mol. The summed E-state index contributed by atoms with van der Waals surface area (Å²) >= 11 is 0. The fraction of sp³-hybridized carbons (Fsp3) is 0.462. The van der Waals surface area contributed by atoms with Crippen LogP contribution in [-0.4, -0.2) is 29.3 Å². The van der Waals surface area contributed by atoms with E-state index in [1.165, 1.54) is 0 Å². The highest BCUT2D eigenvalue weighted by atomic mass is 16.5. The van der Waals surface area contributed by atoms with Gasteiger partial charge >= 0.3 is 0 Å². The van der Waals surface area contributed by atoms with Gasteiger partial charge in [-0.05, 0) is 25.0 Å². The maximum Gasteiger partial charge on any atom is 0.216 e. The Morgan fingerprint density at radius 1 is 1.19 bits per heavy atom. The maximum absolute atomic E-state index is 9.58. The molecule has 0 amide bonds. The highest BCUT2D eigenvalue weighted by molar-refractivity contribution is 5.95. The number of nitrogens with zero attached hydrogens (tertiary/aromatic N) is 1. The monoisotopic (exact) mass is 217 g/mol. The quantitative estimate of drug-likeness (QED) is 0.778. The molecule has 0 spiro atoms. The number of fused-ring (bicyclic) bond motifs is 1. The van der Waals surface area contributed by atoms with Crippen molar-refractivity contribution in [2.24, 2.45) is 4.99 Å². The van der Waals surface area contributed by atoms with Crippen molar-refractivity contribution in [3.8, 4) is 0 Å². The number of hydrogen-bond acceptors (Lipinski definition) is 3. The second-order valence-electron chi connectivity index (χ2n) is 4.49. The number of aliphatic hydroxyl groups is 1. The van der Waals surface area contributed by atoms with E-state index in [1.54, 1.807) is 0 Å². The molecule has 0 aromatic heterocycles. The highest BCUT2D eigenvalue weighted by Gasteiger charge is 2.36. The molecule has 84 valence electrons. The molecule has 1 heterocycles. The first-order valence-corrected chi connectivity index (χ1v) is 5.81. The molecule has 3 nitrogen and oxygen atoms in total. The predicted octanol–water partition coefficient (Wildman–Crippen LogP) is 1.75. The Hall–Kier alpha value is -1.35. The molecule has 1 saturated carbocycles. The first kappa shape index (κ1) is 9.85. The summed E-state index contributed by atoms with van der Waals surface area (Å²) in [5, 5.41) is 9.58. The lowest BCUT2D eigenvalue weighted by molar-refractivity contribution is 0.0507. The summed E-state index contributed by atoms with van der Waals surface area (Å²) in [4.78, 5) is 4.60. The number of benzene rings is 1.